The Kier molecular flexibility index (Phi) is 5.66. The van der Waals surface area contributed by atoms with Gasteiger partial charge in [-0.05, 0) is 25.6 Å². The highest BCUT2D eigenvalue weighted by Gasteiger charge is 2.23. The lowest BCUT2D eigenvalue weighted by molar-refractivity contribution is -1.26. The first-order valence-electron chi connectivity index (χ1n) is 2.84. The van der Waals surface area contributed by atoms with E-state index in [1.54, 1.807) is 20.8 Å². The van der Waals surface area contributed by atoms with Crippen LogP contribution in [0.3, 0.4) is 0 Å². The van der Waals surface area contributed by atoms with E-state index < -0.39 is 4.81 Å². The van der Waals surface area contributed by atoms with E-state index in [-0.39, 0.29) is 23.0 Å². The van der Waals surface area contributed by atoms with Crippen LogP contribution in [-0.4, -0.2) is 27.8 Å². The molecule has 0 fully saturated rings. The lowest BCUT2D eigenvalue weighted by Crippen LogP contribution is -3.00. The molecule has 0 unspecified atom stereocenters. The smallest absolute Gasteiger partial charge is 0.146 e. The SMILES string of the molecule is CC[N+](O)(O)C(C)C.[Br-]. The quantitative estimate of drug-likeness (QED) is 0.400. The third kappa shape index (κ3) is 3.86. The molecule has 0 aliphatic rings. The highest BCUT2D eigenvalue weighted by atomic mass is 79.9. The molecule has 0 radical (unpaired) electrons. The zero-order valence-corrected chi connectivity index (χ0v) is 7.59. The van der Waals surface area contributed by atoms with E-state index >= 15 is 0 Å². The van der Waals surface area contributed by atoms with Crippen molar-refractivity contribution in [1.29, 1.82) is 0 Å². The molecule has 0 aromatic heterocycles. The molecule has 0 atom stereocenters. The largest absolute Gasteiger partial charge is 1.00 e. The number of halogens is 1. The second-order valence-corrected chi connectivity index (χ2v) is 2.20. The first kappa shape index (κ1) is 12.1. The summed E-state index contributed by atoms with van der Waals surface area (Å²) in [6.07, 6.45) is 0. The summed E-state index contributed by atoms with van der Waals surface area (Å²) in [6.45, 7) is 5.56. The predicted octanol–water partition coefficient (Wildman–Crippen LogP) is -1.99. The molecule has 0 aliphatic heterocycles. The molecule has 0 rings (SSSR count). The molecule has 0 bridgehead atoms. The van der Waals surface area contributed by atoms with E-state index in [9.17, 15) is 0 Å². The van der Waals surface area contributed by atoms with Crippen molar-refractivity contribution in [3.63, 3.8) is 0 Å². The number of hydrogen-bond donors (Lipinski definition) is 2. The van der Waals surface area contributed by atoms with Crippen LogP contribution in [0, 0.1) is 0 Å². The fraction of sp³-hybridized carbons (Fsp3) is 1.00. The second kappa shape index (κ2) is 4.22. The van der Waals surface area contributed by atoms with Crippen LogP contribution in [-0.2, 0) is 0 Å². The standard InChI is InChI=1S/C5H14NO2.BrH/c1-4-6(7,8)5(2)3;/h5,7-8H,4H2,1-3H3;1H/q+1;/p-1. The van der Waals surface area contributed by atoms with Gasteiger partial charge in [-0.3, -0.25) is 0 Å². The van der Waals surface area contributed by atoms with Gasteiger partial charge in [0.2, 0.25) is 0 Å². The van der Waals surface area contributed by atoms with Crippen molar-refractivity contribution in [2.24, 2.45) is 0 Å². The van der Waals surface area contributed by atoms with Crippen LogP contribution in [0.25, 0.3) is 0 Å². The molecule has 9 heavy (non-hydrogen) atoms. The van der Waals surface area contributed by atoms with Crippen molar-refractivity contribution in [2.75, 3.05) is 6.54 Å². The number of nitrogens with zero attached hydrogens (tertiary/aromatic N) is 1. The molecule has 58 valence electrons. The number of quaternary nitrogens is 1. The van der Waals surface area contributed by atoms with E-state index in [1.165, 1.54) is 0 Å². The van der Waals surface area contributed by atoms with Gasteiger partial charge in [0.05, 0.1) is 0 Å². The van der Waals surface area contributed by atoms with Crippen molar-refractivity contribution in [3.05, 3.63) is 0 Å². The van der Waals surface area contributed by atoms with Gasteiger partial charge in [-0.15, -0.1) is 0 Å². The van der Waals surface area contributed by atoms with Crippen molar-refractivity contribution in [1.82, 2.24) is 0 Å². The van der Waals surface area contributed by atoms with Gasteiger partial charge >= 0.3 is 0 Å². The minimum Gasteiger partial charge on any atom is -1.00 e. The van der Waals surface area contributed by atoms with Crippen LogP contribution in [0.5, 0.6) is 0 Å². The Bertz CT molecular complexity index is 75.4. The van der Waals surface area contributed by atoms with Crippen molar-refractivity contribution in [3.8, 4) is 0 Å². The van der Waals surface area contributed by atoms with E-state index in [1.807, 2.05) is 0 Å². The average molecular weight is 200 g/mol. The summed E-state index contributed by atoms with van der Waals surface area (Å²) in [5.74, 6) is 0. The Morgan fingerprint density at radius 3 is 1.67 bits per heavy atom. The maximum Gasteiger partial charge on any atom is 0.146 e. The molecule has 0 aliphatic carbocycles. The molecule has 0 saturated carbocycles. The molecule has 0 amide bonds. The molecule has 0 aromatic carbocycles. The Morgan fingerprint density at radius 2 is 1.67 bits per heavy atom. The number of rotatable bonds is 2. The maximum absolute atomic E-state index is 8.89. The van der Waals surface area contributed by atoms with Gasteiger partial charge in [-0.1, -0.05) is 0 Å². The lowest BCUT2D eigenvalue weighted by atomic mass is 10.4. The molecular formula is C5H14BrNO2. The summed E-state index contributed by atoms with van der Waals surface area (Å²) in [5.41, 5.74) is 0. The summed E-state index contributed by atoms with van der Waals surface area (Å²) in [7, 11) is 0. The molecule has 0 spiro atoms. The molecule has 0 aromatic rings. The summed E-state index contributed by atoms with van der Waals surface area (Å²) >= 11 is 0. The average Bonchev–Trinajstić information content (AvgIpc) is 1.67. The van der Waals surface area contributed by atoms with Crippen molar-refractivity contribution < 1.29 is 32.2 Å². The van der Waals surface area contributed by atoms with Gasteiger partial charge < -0.3 is 17.0 Å². The van der Waals surface area contributed by atoms with Crippen LogP contribution in [0.4, 0.5) is 0 Å². The minimum atomic E-state index is -0.875. The topological polar surface area (TPSA) is 40.5 Å². The molecule has 0 heterocycles. The van der Waals surface area contributed by atoms with Crippen LogP contribution >= 0.6 is 0 Å². The zero-order valence-electron chi connectivity index (χ0n) is 6.00. The van der Waals surface area contributed by atoms with Crippen LogP contribution in [0.1, 0.15) is 20.8 Å². The Labute approximate surface area is 66.2 Å². The number of hydroxylamine groups is 4. The highest BCUT2D eigenvalue weighted by molar-refractivity contribution is 4.28. The molecular weight excluding hydrogens is 186 g/mol. The molecule has 2 N–H and O–H groups in total. The van der Waals surface area contributed by atoms with Crippen molar-refractivity contribution in [2.45, 2.75) is 26.8 Å². The third-order valence-electron chi connectivity index (χ3n) is 1.29. The van der Waals surface area contributed by atoms with Gasteiger partial charge in [0.15, 0.2) is 0 Å². The van der Waals surface area contributed by atoms with E-state index in [4.69, 9.17) is 10.4 Å². The van der Waals surface area contributed by atoms with Crippen LogP contribution in [0.15, 0.2) is 0 Å². The Morgan fingerprint density at radius 1 is 1.33 bits per heavy atom. The van der Waals surface area contributed by atoms with Gasteiger partial charge in [0, 0.05) is 0 Å². The predicted molar refractivity (Wildman–Crippen MR) is 29.5 cm³/mol. The number of hydrogen-bond acceptors (Lipinski definition) is 2. The first-order chi connectivity index (χ1) is 3.50. The van der Waals surface area contributed by atoms with Gasteiger partial charge in [-0.25, -0.2) is 0 Å². The van der Waals surface area contributed by atoms with Crippen molar-refractivity contribution >= 4 is 0 Å². The van der Waals surface area contributed by atoms with E-state index in [0.29, 0.717) is 6.54 Å². The van der Waals surface area contributed by atoms with Gasteiger partial charge in [-0.2, -0.15) is 10.4 Å². The summed E-state index contributed by atoms with van der Waals surface area (Å²) < 4.78 is 0. The molecule has 0 saturated heterocycles. The maximum atomic E-state index is 8.89. The van der Waals surface area contributed by atoms with Gasteiger partial charge in [0.1, 0.15) is 12.6 Å². The van der Waals surface area contributed by atoms with Crippen LogP contribution in [0.2, 0.25) is 0 Å². The minimum absolute atomic E-state index is 0. The van der Waals surface area contributed by atoms with Gasteiger partial charge in [0.25, 0.3) is 0 Å². The monoisotopic (exact) mass is 199 g/mol. The van der Waals surface area contributed by atoms with Crippen LogP contribution < -0.4 is 17.0 Å². The fourth-order valence-electron chi connectivity index (χ4n) is 0.365. The first-order valence-corrected chi connectivity index (χ1v) is 2.84. The Hall–Kier alpha value is 0.360. The molecule has 4 heteroatoms. The second-order valence-electron chi connectivity index (χ2n) is 2.20. The summed E-state index contributed by atoms with van der Waals surface area (Å²) in [4.78, 5) is -0.875. The van der Waals surface area contributed by atoms with E-state index in [2.05, 4.69) is 0 Å². The third-order valence-corrected chi connectivity index (χ3v) is 1.29. The van der Waals surface area contributed by atoms with E-state index in [0.717, 1.165) is 0 Å². The summed E-state index contributed by atoms with van der Waals surface area (Å²) in [5, 5.41) is 17.8. The normalized spacial score (nSPS) is 11.3. The lowest BCUT2D eigenvalue weighted by Gasteiger charge is -2.23. The fourth-order valence-corrected chi connectivity index (χ4v) is 0.365. The summed E-state index contributed by atoms with van der Waals surface area (Å²) in [6, 6.07) is -0.139. The molecule has 3 nitrogen and oxygen atoms in total. The highest BCUT2D eigenvalue weighted by Crippen LogP contribution is 2.01. The zero-order chi connectivity index (χ0) is 6.78. The Balaban J connectivity index is 0.